The minimum atomic E-state index is -1.16. The maximum absolute atomic E-state index is 12.2. The molecule has 1 aliphatic rings. The van der Waals surface area contributed by atoms with Gasteiger partial charge in [0.1, 0.15) is 11.5 Å². The third-order valence-electron chi connectivity index (χ3n) is 3.99. The fraction of sp³-hybridized carbons (Fsp3) is 0.571. The molecule has 0 radical (unpaired) electrons. The predicted molar refractivity (Wildman–Crippen MR) is 91.1 cm³/mol. The molecule has 0 aromatic carbocycles. The normalized spacial score (nSPS) is 26.5. The number of carbonyl (C=O) groups excluding carboxylic acids is 1. The number of hydrogen-bond donors (Lipinski definition) is 5. The number of hydrogen-bond acceptors (Lipinski definition) is 8. The van der Waals surface area contributed by atoms with Crippen LogP contribution in [0.5, 0.6) is 0 Å². The van der Waals surface area contributed by atoms with Gasteiger partial charge in [0, 0.05) is 5.92 Å². The summed E-state index contributed by atoms with van der Waals surface area (Å²) in [7, 11) is 0. The molecular formula is C14H19N5O5S. The second-order valence-electron chi connectivity index (χ2n) is 6.11. The molecule has 5 N–H and O–H groups in total. The van der Waals surface area contributed by atoms with Gasteiger partial charge in [0.25, 0.3) is 5.56 Å². The number of aliphatic hydroxyl groups excluding tert-OH is 3. The number of nitrogens with one attached hydrogen (secondary N) is 2. The van der Waals surface area contributed by atoms with Gasteiger partial charge in [-0.2, -0.15) is 4.98 Å². The molecule has 3 rings (SSSR count). The van der Waals surface area contributed by atoms with Crippen molar-refractivity contribution in [2.75, 3.05) is 11.9 Å². The van der Waals surface area contributed by atoms with Crippen LogP contribution in [0, 0.1) is 5.92 Å². The van der Waals surface area contributed by atoms with Crippen LogP contribution in [0.3, 0.4) is 0 Å². The number of aromatic amines is 1. The molecule has 2 aromatic heterocycles. The Kier molecular flexibility index (Phi) is 4.82. The molecule has 25 heavy (non-hydrogen) atoms. The summed E-state index contributed by atoms with van der Waals surface area (Å²) in [6.45, 7) is 3.12. The number of nitrogens with zero attached hydrogens (tertiary/aromatic N) is 3. The van der Waals surface area contributed by atoms with Crippen LogP contribution in [0.4, 0.5) is 5.95 Å². The Bertz CT molecular complexity index is 850. The molecule has 1 saturated heterocycles. The molecule has 0 spiro atoms. The topological polar surface area (TPSA) is 153 Å². The average Bonchev–Trinajstić information content (AvgIpc) is 3.10. The molecular weight excluding hydrogens is 350 g/mol. The van der Waals surface area contributed by atoms with E-state index in [0.29, 0.717) is 0 Å². The van der Waals surface area contributed by atoms with Crippen molar-refractivity contribution in [1.82, 2.24) is 19.5 Å². The van der Waals surface area contributed by atoms with Crippen LogP contribution in [0.1, 0.15) is 19.2 Å². The van der Waals surface area contributed by atoms with E-state index in [1.165, 1.54) is 10.9 Å². The molecule has 10 nitrogen and oxygen atoms in total. The van der Waals surface area contributed by atoms with Crippen molar-refractivity contribution in [3.63, 3.8) is 0 Å². The highest BCUT2D eigenvalue weighted by Crippen LogP contribution is 2.42. The van der Waals surface area contributed by atoms with Gasteiger partial charge in [0.15, 0.2) is 11.2 Å². The van der Waals surface area contributed by atoms with Gasteiger partial charge < -0.3 is 15.3 Å². The second kappa shape index (κ2) is 6.75. The fourth-order valence-corrected chi connectivity index (χ4v) is 3.92. The fourth-order valence-electron chi connectivity index (χ4n) is 2.54. The number of carbonyl (C=O) groups is 1. The van der Waals surface area contributed by atoms with Crippen molar-refractivity contribution < 1.29 is 20.1 Å². The van der Waals surface area contributed by atoms with Gasteiger partial charge in [-0.25, -0.2) is 4.98 Å². The predicted octanol–water partition coefficient (Wildman–Crippen LogP) is -0.958. The average molecular weight is 369 g/mol. The van der Waals surface area contributed by atoms with Crippen LogP contribution in [-0.2, 0) is 4.79 Å². The van der Waals surface area contributed by atoms with Gasteiger partial charge in [-0.3, -0.25) is 24.5 Å². The van der Waals surface area contributed by atoms with Crippen LogP contribution >= 0.6 is 11.8 Å². The van der Waals surface area contributed by atoms with E-state index < -0.39 is 28.4 Å². The molecule has 1 fully saturated rings. The second-order valence-corrected chi connectivity index (χ2v) is 7.47. The lowest BCUT2D eigenvalue weighted by Gasteiger charge is -2.17. The first-order chi connectivity index (χ1) is 11.8. The highest BCUT2D eigenvalue weighted by molar-refractivity contribution is 8.00. The number of aliphatic hydroxyl groups is 3. The van der Waals surface area contributed by atoms with Crippen LogP contribution in [0.15, 0.2) is 11.1 Å². The molecule has 2 aromatic rings. The third-order valence-corrected chi connectivity index (χ3v) is 5.55. The zero-order valence-electron chi connectivity index (χ0n) is 13.6. The highest BCUT2D eigenvalue weighted by Gasteiger charge is 2.43. The number of thioether (sulfide) groups is 1. The number of imidazole rings is 1. The van der Waals surface area contributed by atoms with Crippen molar-refractivity contribution in [3.05, 3.63) is 16.7 Å². The summed E-state index contributed by atoms with van der Waals surface area (Å²) in [6.07, 6.45) is -0.928. The Morgan fingerprint density at radius 1 is 1.44 bits per heavy atom. The largest absolute Gasteiger partial charge is 0.395 e. The number of H-pyrrole nitrogens is 1. The van der Waals surface area contributed by atoms with E-state index in [4.69, 9.17) is 0 Å². The lowest BCUT2D eigenvalue weighted by Crippen LogP contribution is -2.32. The summed E-state index contributed by atoms with van der Waals surface area (Å²) < 4.78 is 1.46. The molecule has 4 atom stereocenters. The Hall–Kier alpha value is -1.95. The maximum atomic E-state index is 12.2. The first-order valence-corrected chi connectivity index (χ1v) is 8.68. The third kappa shape index (κ3) is 3.15. The van der Waals surface area contributed by atoms with Gasteiger partial charge in [0.05, 0.1) is 24.3 Å². The van der Waals surface area contributed by atoms with E-state index >= 15 is 0 Å². The van der Waals surface area contributed by atoms with Crippen molar-refractivity contribution in [2.24, 2.45) is 5.92 Å². The SMILES string of the molecule is CC(C)C(=O)Nc1nc2c(ncn2C2S[C@H](CO)[C@@H](O)[C@H]2O)c(=O)[nH]1. The van der Waals surface area contributed by atoms with Gasteiger partial charge in [-0.1, -0.05) is 13.8 Å². The van der Waals surface area contributed by atoms with Gasteiger partial charge in [0.2, 0.25) is 11.9 Å². The quantitative estimate of drug-likeness (QED) is 0.462. The maximum Gasteiger partial charge on any atom is 0.280 e. The summed E-state index contributed by atoms with van der Waals surface area (Å²) >= 11 is 1.16. The molecule has 0 saturated carbocycles. The molecule has 1 amide bonds. The lowest BCUT2D eigenvalue weighted by atomic mass is 10.1. The number of fused-ring (bicyclic) bond motifs is 1. The standard InChI is InChI=1S/C14H19N5O5S/c1-5(2)11(23)17-14-16-10-7(12(24)18-14)15-4-19(10)13-9(22)8(21)6(3-20)25-13/h4-6,8-9,13,20-22H,3H2,1-2H3,(H2,16,17,18,23,24)/t6-,8-,9-,13?/m1/s1. The van der Waals surface area contributed by atoms with Crippen LogP contribution in [0.2, 0.25) is 0 Å². The van der Waals surface area contributed by atoms with E-state index in [2.05, 4.69) is 20.3 Å². The zero-order valence-corrected chi connectivity index (χ0v) is 14.4. The van der Waals surface area contributed by atoms with E-state index in [1.54, 1.807) is 13.8 Å². The summed E-state index contributed by atoms with van der Waals surface area (Å²) in [5.74, 6) is -0.618. The molecule has 0 bridgehead atoms. The summed E-state index contributed by atoms with van der Waals surface area (Å²) in [5, 5.41) is 30.8. The van der Waals surface area contributed by atoms with Gasteiger partial charge >= 0.3 is 0 Å². The van der Waals surface area contributed by atoms with Crippen molar-refractivity contribution >= 4 is 34.8 Å². The summed E-state index contributed by atoms with van der Waals surface area (Å²) in [5.41, 5.74) is -0.304. The zero-order chi connectivity index (χ0) is 18.3. The van der Waals surface area contributed by atoms with Gasteiger partial charge in [-0.15, -0.1) is 11.8 Å². The first kappa shape index (κ1) is 17.9. The number of anilines is 1. The minimum Gasteiger partial charge on any atom is -0.395 e. The lowest BCUT2D eigenvalue weighted by molar-refractivity contribution is -0.118. The van der Waals surface area contributed by atoms with Crippen molar-refractivity contribution in [1.29, 1.82) is 0 Å². The Morgan fingerprint density at radius 2 is 2.16 bits per heavy atom. The van der Waals surface area contributed by atoms with E-state index in [1.807, 2.05) is 0 Å². The number of aromatic nitrogens is 4. The first-order valence-electron chi connectivity index (χ1n) is 7.73. The minimum absolute atomic E-state index is 0.0188. The molecule has 0 aliphatic carbocycles. The Labute approximate surface area is 146 Å². The Balaban J connectivity index is 2.01. The monoisotopic (exact) mass is 369 g/mol. The van der Waals surface area contributed by atoms with Crippen molar-refractivity contribution in [2.45, 2.75) is 36.7 Å². The highest BCUT2D eigenvalue weighted by atomic mass is 32.2. The van der Waals surface area contributed by atoms with Crippen LogP contribution in [-0.4, -0.2) is 64.8 Å². The van der Waals surface area contributed by atoms with E-state index in [9.17, 15) is 24.9 Å². The summed E-state index contributed by atoms with van der Waals surface area (Å²) in [6, 6.07) is 0. The smallest absolute Gasteiger partial charge is 0.280 e. The molecule has 136 valence electrons. The molecule has 11 heteroatoms. The number of amides is 1. The summed E-state index contributed by atoms with van der Waals surface area (Å²) in [4.78, 5) is 34.6. The number of rotatable bonds is 4. The van der Waals surface area contributed by atoms with Crippen LogP contribution in [0.25, 0.3) is 11.2 Å². The molecule has 1 unspecified atom stereocenters. The Morgan fingerprint density at radius 3 is 2.76 bits per heavy atom. The molecule has 3 heterocycles. The van der Waals surface area contributed by atoms with E-state index in [-0.39, 0.29) is 35.5 Å². The molecule has 1 aliphatic heterocycles. The van der Waals surface area contributed by atoms with Crippen LogP contribution < -0.4 is 10.9 Å². The van der Waals surface area contributed by atoms with Crippen molar-refractivity contribution in [3.8, 4) is 0 Å². The van der Waals surface area contributed by atoms with Gasteiger partial charge in [-0.05, 0) is 0 Å². The van der Waals surface area contributed by atoms with E-state index in [0.717, 1.165) is 11.8 Å².